The first-order valence-electron chi connectivity index (χ1n) is 9.25. The molecule has 1 aromatic rings. The molecule has 7 nitrogen and oxygen atoms in total. The van der Waals surface area contributed by atoms with Gasteiger partial charge in [-0.3, -0.25) is 4.79 Å². The highest BCUT2D eigenvalue weighted by Crippen LogP contribution is 2.28. The third-order valence-corrected chi connectivity index (χ3v) is 5.37. The highest BCUT2D eigenvalue weighted by atomic mass is 32.2. The van der Waals surface area contributed by atoms with Gasteiger partial charge in [-0.1, -0.05) is 11.8 Å². The van der Waals surface area contributed by atoms with Gasteiger partial charge >= 0.3 is 11.9 Å². The smallest absolute Gasteiger partial charge is 0.338 e. The average Bonchev–Trinajstić information content (AvgIpc) is 3.05. The van der Waals surface area contributed by atoms with Crippen LogP contribution in [0.15, 0.2) is 35.4 Å². The summed E-state index contributed by atoms with van der Waals surface area (Å²) in [7, 11) is 1.29. The zero-order chi connectivity index (χ0) is 20.5. The summed E-state index contributed by atoms with van der Waals surface area (Å²) >= 11 is 1.30. The molecule has 152 valence electrons. The van der Waals surface area contributed by atoms with Gasteiger partial charge in [0.05, 0.1) is 36.1 Å². The van der Waals surface area contributed by atoms with Gasteiger partial charge in [0, 0.05) is 25.3 Å². The molecule has 1 aromatic carbocycles. The first-order valence-corrected chi connectivity index (χ1v) is 10.2. The lowest BCUT2D eigenvalue weighted by molar-refractivity contribution is -0.134. The summed E-state index contributed by atoms with van der Waals surface area (Å²) in [6, 6.07) is 7.34. The van der Waals surface area contributed by atoms with Gasteiger partial charge in [-0.2, -0.15) is 0 Å². The first-order chi connectivity index (χ1) is 13.5. The van der Waals surface area contributed by atoms with Crippen LogP contribution >= 0.6 is 11.8 Å². The summed E-state index contributed by atoms with van der Waals surface area (Å²) in [6.07, 6.45) is 1.78. The normalized spacial score (nSPS) is 15.0. The van der Waals surface area contributed by atoms with Gasteiger partial charge in [0.25, 0.3) is 0 Å². The van der Waals surface area contributed by atoms with Crippen molar-refractivity contribution >= 4 is 35.3 Å². The van der Waals surface area contributed by atoms with E-state index >= 15 is 0 Å². The number of carbonyl (C=O) groups is 3. The number of hydrogen-bond donors (Lipinski definition) is 0. The second kappa shape index (κ2) is 10.8. The van der Waals surface area contributed by atoms with Crippen LogP contribution in [0, 0.1) is 0 Å². The topological polar surface area (TPSA) is 76.2 Å². The third kappa shape index (κ3) is 5.76. The molecule has 0 spiro atoms. The van der Waals surface area contributed by atoms with Crippen molar-refractivity contribution < 1.29 is 23.9 Å². The van der Waals surface area contributed by atoms with E-state index in [4.69, 9.17) is 4.74 Å². The van der Waals surface area contributed by atoms with Gasteiger partial charge in [-0.05, 0) is 44.5 Å². The summed E-state index contributed by atoms with van der Waals surface area (Å²) < 4.78 is 9.91. The predicted octanol–water partition coefficient (Wildman–Crippen LogP) is 2.67. The number of anilines is 1. The number of ether oxygens (including phenoxy) is 2. The molecule has 0 saturated carbocycles. The van der Waals surface area contributed by atoms with Crippen molar-refractivity contribution in [3.8, 4) is 0 Å². The second-order valence-electron chi connectivity index (χ2n) is 6.05. The molecule has 0 radical (unpaired) electrons. The fourth-order valence-electron chi connectivity index (χ4n) is 2.80. The fourth-order valence-corrected chi connectivity index (χ4v) is 3.75. The van der Waals surface area contributed by atoms with Crippen LogP contribution in [-0.4, -0.2) is 61.8 Å². The largest absolute Gasteiger partial charge is 0.466 e. The summed E-state index contributed by atoms with van der Waals surface area (Å²) in [5.74, 6) is -0.666. The van der Waals surface area contributed by atoms with Gasteiger partial charge < -0.3 is 19.3 Å². The molecule has 1 aliphatic rings. The molecule has 1 heterocycles. The predicted molar refractivity (Wildman–Crippen MR) is 109 cm³/mol. The van der Waals surface area contributed by atoms with E-state index in [1.165, 1.54) is 29.8 Å². The van der Waals surface area contributed by atoms with E-state index in [0.29, 0.717) is 29.3 Å². The number of thioether (sulfide) groups is 1. The van der Waals surface area contributed by atoms with E-state index in [9.17, 15) is 14.4 Å². The molecule has 0 aromatic heterocycles. The Hall–Kier alpha value is -2.48. The Morgan fingerprint density at radius 3 is 2.50 bits per heavy atom. The lowest BCUT2D eigenvalue weighted by atomic mass is 10.2. The lowest BCUT2D eigenvalue weighted by Crippen LogP contribution is -2.27. The number of esters is 2. The fraction of sp³-hybridized carbons (Fsp3) is 0.450. The Kier molecular flexibility index (Phi) is 8.38. The molecule has 28 heavy (non-hydrogen) atoms. The van der Waals surface area contributed by atoms with Gasteiger partial charge in [0.1, 0.15) is 0 Å². The summed E-state index contributed by atoms with van der Waals surface area (Å²) in [5, 5.41) is 0.565. The van der Waals surface area contributed by atoms with Gasteiger partial charge in [-0.15, -0.1) is 0 Å². The number of nitrogens with zero attached hydrogens (tertiary/aromatic N) is 2. The van der Waals surface area contributed by atoms with Crippen LogP contribution in [-0.2, 0) is 19.1 Å². The van der Waals surface area contributed by atoms with Gasteiger partial charge in [0.2, 0.25) is 5.91 Å². The minimum Gasteiger partial charge on any atom is -0.466 e. The maximum absolute atomic E-state index is 12.2. The van der Waals surface area contributed by atoms with E-state index in [1.54, 1.807) is 12.1 Å². The molecule has 2 rings (SSSR count). The van der Waals surface area contributed by atoms with Crippen LogP contribution in [0.3, 0.4) is 0 Å². The van der Waals surface area contributed by atoms with E-state index in [-0.39, 0.29) is 12.5 Å². The number of rotatable bonds is 9. The third-order valence-electron chi connectivity index (χ3n) is 4.34. The molecule has 1 aliphatic heterocycles. The molecular weight excluding hydrogens is 380 g/mol. The zero-order valence-corrected chi connectivity index (χ0v) is 17.3. The van der Waals surface area contributed by atoms with Crippen LogP contribution in [0.1, 0.15) is 30.6 Å². The lowest BCUT2D eigenvalue weighted by Gasteiger charge is -2.21. The molecule has 1 saturated heterocycles. The van der Waals surface area contributed by atoms with Crippen molar-refractivity contribution in [1.29, 1.82) is 0 Å². The van der Waals surface area contributed by atoms with Crippen molar-refractivity contribution in [2.75, 3.05) is 44.0 Å². The minimum absolute atomic E-state index is 0.0709. The Morgan fingerprint density at radius 2 is 1.89 bits per heavy atom. The van der Waals surface area contributed by atoms with Crippen molar-refractivity contribution in [3.63, 3.8) is 0 Å². The van der Waals surface area contributed by atoms with Gasteiger partial charge in [0.15, 0.2) is 0 Å². The van der Waals surface area contributed by atoms with Crippen molar-refractivity contribution in [2.45, 2.75) is 20.3 Å². The van der Waals surface area contributed by atoms with Crippen LogP contribution in [0.5, 0.6) is 0 Å². The molecule has 1 amide bonds. The molecule has 0 atom stereocenters. The van der Waals surface area contributed by atoms with Crippen LogP contribution in [0.4, 0.5) is 5.69 Å². The number of benzene rings is 1. The number of amides is 1. The number of methoxy groups -OCH3 is 1. The minimum atomic E-state index is -0.498. The Bertz CT molecular complexity index is 729. The quantitative estimate of drug-likeness (QED) is 0.354. The van der Waals surface area contributed by atoms with Crippen LogP contribution < -0.4 is 4.90 Å². The Morgan fingerprint density at radius 1 is 1.21 bits per heavy atom. The SMILES string of the molecule is CCN(CC)c1ccc(C(=O)OCCCN2C(=O)CS/C2=C\C(=O)OC)cc1. The Balaban J connectivity index is 1.82. The zero-order valence-electron chi connectivity index (χ0n) is 16.5. The molecule has 0 bridgehead atoms. The number of carbonyl (C=O) groups excluding carboxylic acids is 3. The van der Waals surface area contributed by atoms with E-state index < -0.39 is 11.9 Å². The summed E-state index contributed by atoms with van der Waals surface area (Å²) in [4.78, 5) is 39.2. The first kappa shape index (κ1) is 21.8. The monoisotopic (exact) mass is 406 g/mol. The average molecular weight is 407 g/mol. The van der Waals surface area contributed by atoms with Crippen LogP contribution in [0.2, 0.25) is 0 Å². The standard InChI is InChI=1S/C20H26N2O5S/c1-4-21(5-2)16-9-7-15(8-10-16)20(25)27-12-6-11-22-17(23)14-28-18(22)13-19(24)26-3/h7-10,13H,4-6,11-12,14H2,1-3H3/b18-13-. The molecule has 8 heteroatoms. The molecular formula is C20H26N2O5S. The van der Waals surface area contributed by atoms with Crippen LogP contribution in [0.25, 0.3) is 0 Å². The maximum atomic E-state index is 12.2. The summed E-state index contributed by atoms with van der Waals surface area (Å²) in [5.41, 5.74) is 1.56. The van der Waals surface area contributed by atoms with Crippen molar-refractivity contribution in [2.24, 2.45) is 0 Å². The van der Waals surface area contributed by atoms with E-state index in [0.717, 1.165) is 18.8 Å². The molecule has 0 N–H and O–H groups in total. The maximum Gasteiger partial charge on any atom is 0.338 e. The highest BCUT2D eigenvalue weighted by molar-refractivity contribution is 8.04. The van der Waals surface area contributed by atoms with E-state index in [1.807, 2.05) is 12.1 Å². The number of hydrogen-bond acceptors (Lipinski definition) is 7. The second-order valence-corrected chi connectivity index (χ2v) is 7.04. The highest BCUT2D eigenvalue weighted by Gasteiger charge is 2.27. The molecule has 0 unspecified atom stereocenters. The van der Waals surface area contributed by atoms with Gasteiger partial charge in [-0.25, -0.2) is 9.59 Å². The Labute approximate surface area is 169 Å². The molecule has 1 fully saturated rings. The summed E-state index contributed by atoms with van der Waals surface area (Å²) in [6.45, 7) is 6.54. The van der Waals surface area contributed by atoms with E-state index in [2.05, 4.69) is 23.5 Å². The van der Waals surface area contributed by atoms with Crippen molar-refractivity contribution in [1.82, 2.24) is 4.90 Å². The molecule has 0 aliphatic carbocycles. The van der Waals surface area contributed by atoms with Crippen molar-refractivity contribution in [3.05, 3.63) is 40.9 Å².